The van der Waals surface area contributed by atoms with Crippen LogP contribution in [0.3, 0.4) is 0 Å². The number of fused-ring (bicyclic) bond motifs is 7. The summed E-state index contributed by atoms with van der Waals surface area (Å²) in [5.74, 6) is 3.15. The summed E-state index contributed by atoms with van der Waals surface area (Å²) in [4.78, 5) is 11.9. The monoisotopic (exact) mass is 636 g/mol. The molecule has 0 spiro atoms. The lowest BCUT2D eigenvalue weighted by molar-refractivity contribution is -0.221. The van der Waals surface area contributed by atoms with Gasteiger partial charge in [-0.05, 0) is 165 Å². The van der Waals surface area contributed by atoms with Gasteiger partial charge in [0.05, 0.1) is 5.41 Å². The number of nitrogens with one attached hydrogen (secondary N) is 1. The summed E-state index contributed by atoms with van der Waals surface area (Å²) >= 11 is 0. The Morgan fingerprint density at radius 3 is 2.30 bits per heavy atom. The van der Waals surface area contributed by atoms with E-state index in [0.29, 0.717) is 53.8 Å². The van der Waals surface area contributed by atoms with E-state index in [0.717, 1.165) is 24.8 Å². The Bertz CT molecular complexity index is 1300. The van der Waals surface area contributed by atoms with E-state index in [1.165, 1.54) is 74.5 Å². The zero-order chi connectivity index (χ0) is 33.5. The van der Waals surface area contributed by atoms with Gasteiger partial charge in [0.1, 0.15) is 6.67 Å². The van der Waals surface area contributed by atoms with Gasteiger partial charge in [-0.25, -0.2) is 4.39 Å². The van der Waals surface area contributed by atoms with Crippen LogP contribution in [0.2, 0.25) is 0 Å². The standard InChI is InChI=1S/C42H66FNO2/c1-27(2)17-25-44-42-22-14-30(28(3)4)35(42)32-10-11-34-38(7)18-15-31(29-12-20-41(26-43,21-13-29)36(45)46)37(5,6)33(38)16-19-40(34,9)39(32,8)23-24-42/h12,15,27,30,32-35,44H,3,10-11,13-14,16-26H2,1-2,4-9H3,(H,45,46)/t30-,32+,33-,34+,35+,38-,39+,40+,41?,42-/m0/s1. The van der Waals surface area contributed by atoms with Gasteiger partial charge in [-0.1, -0.05) is 72.8 Å². The smallest absolute Gasteiger partial charge is 0.312 e. The molecule has 0 aromatic rings. The van der Waals surface area contributed by atoms with E-state index >= 15 is 0 Å². The van der Waals surface area contributed by atoms with E-state index in [9.17, 15) is 14.3 Å². The van der Waals surface area contributed by atoms with Crippen molar-refractivity contribution >= 4 is 5.97 Å². The molecule has 0 heterocycles. The molecular formula is C42H66FNO2. The molecule has 4 saturated carbocycles. The number of hydrogen-bond acceptors (Lipinski definition) is 2. The second-order valence-corrected chi connectivity index (χ2v) is 19.1. The zero-order valence-corrected chi connectivity index (χ0v) is 30.7. The van der Waals surface area contributed by atoms with Gasteiger partial charge in [0.25, 0.3) is 0 Å². The molecule has 6 aliphatic carbocycles. The average molecular weight is 636 g/mol. The first-order chi connectivity index (χ1) is 21.5. The molecule has 0 radical (unpaired) electrons. The highest BCUT2D eigenvalue weighted by molar-refractivity contribution is 5.75. The summed E-state index contributed by atoms with van der Waals surface area (Å²) in [6, 6.07) is 0. The van der Waals surface area contributed by atoms with Crippen LogP contribution in [-0.4, -0.2) is 29.8 Å². The van der Waals surface area contributed by atoms with Crippen LogP contribution in [0, 0.1) is 62.6 Å². The van der Waals surface area contributed by atoms with Crippen LogP contribution >= 0.6 is 0 Å². The van der Waals surface area contributed by atoms with Crippen molar-refractivity contribution in [1.82, 2.24) is 5.32 Å². The fraction of sp³-hybridized carbons (Fsp3) is 0.833. The van der Waals surface area contributed by atoms with Crippen molar-refractivity contribution in [2.45, 2.75) is 144 Å². The first-order valence-corrected chi connectivity index (χ1v) is 19.1. The molecule has 4 fully saturated rings. The number of allylic oxidation sites excluding steroid dienone is 5. The van der Waals surface area contributed by atoms with Crippen LogP contribution in [-0.2, 0) is 4.79 Å². The molecule has 6 rings (SSSR count). The Morgan fingerprint density at radius 1 is 0.957 bits per heavy atom. The van der Waals surface area contributed by atoms with Gasteiger partial charge in [0, 0.05) is 5.54 Å². The van der Waals surface area contributed by atoms with Crippen LogP contribution in [0.15, 0.2) is 35.5 Å². The van der Waals surface area contributed by atoms with Gasteiger partial charge >= 0.3 is 5.97 Å². The van der Waals surface area contributed by atoms with E-state index in [2.05, 4.69) is 79.4 Å². The molecule has 0 saturated heterocycles. The molecule has 1 unspecified atom stereocenters. The molecule has 2 N–H and O–H groups in total. The summed E-state index contributed by atoms with van der Waals surface area (Å²) in [5.41, 5.74) is 4.12. The molecule has 0 aliphatic heterocycles. The number of alkyl halides is 1. The Morgan fingerprint density at radius 2 is 1.70 bits per heavy atom. The van der Waals surface area contributed by atoms with Crippen molar-refractivity contribution in [2.75, 3.05) is 13.2 Å². The van der Waals surface area contributed by atoms with Crippen LogP contribution in [0.1, 0.15) is 139 Å². The van der Waals surface area contributed by atoms with Crippen molar-refractivity contribution < 1.29 is 14.3 Å². The number of hydrogen-bond donors (Lipinski definition) is 2. The SMILES string of the molecule is C=C(C)[C@@H]1CC[C@]2(NCCC(C)C)CC[C@]3(C)[C@H](CC[C@@H]4[C@@]5(C)CC=C(C6=CCC(CF)(C(=O)O)CC6)C(C)(C)[C@@H]5CC[C@]43C)[C@@H]12. The number of aliphatic carboxylic acids is 1. The highest BCUT2D eigenvalue weighted by atomic mass is 19.1. The summed E-state index contributed by atoms with van der Waals surface area (Å²) in [6.07, 6.45) is 18.9. The third-order valence-corrected chi connectivity index (χ3v) is 16.5. The van der Waals surface area contributed by atoms with Gasteiger partial charge in [-0.15, -0.1) is 0 Å². The maximum atomic E-state index is 13.9. The molecule has 10 atom stereocenters. The molecule has 0 amide bonds. The van der Waals surface area contributed by atoms with E-state index in [1.807, 2.05) is 0 Å². The molecule has 0 bridgehead atoms. The van der Waals surface area contributed by atoms with Crippen LogP contribution in [0.25, 0.3) is 0 Å². The number of carboxylic acid groups (broad SMARTS) is 1. The third kappa shape index (κ3) is 4.82. The second-order valence-electron chi connectivity index (χ2n) is 19.1. The first kappa shape index (κ1) is 34.4. The zero-order valence-electron chi connectivity index (χ0n) is 30.7. The predicted molar refractivity (Wildman–Crippen MR) is 188 cm³/mol. The quantitative estimate of drug-likeness (QED) is 0.261. The number of carbonyl (C=O) groups is 1. The van der Waals surface area contributed by atoms with Crippen LogP contribution in [0.5, 0.6) is 0 Å². The van der Waals surface area contributed by atoms with Gasteiger partial charge in [-0.3, -0.25) is 4.79 Å². The Hall–Kier alpha value is -1.42. The lowest BCUT2D eigenvalue weighted by atomic mass is 9.33. The van der Waals surface area contributed by atoms with E-state index < -0.39 is 18.1 Å². The fourth-order valence-electron chi connectivity index (χ4n) is 13.7. The topological polar surface area (TPSA) is 49.3 Å². The van der Waals surface area contributed by atoms with Gasteiger partial charge < -0.3 is 10.4 Å². The Kier molecular flexibility index (Phi) is 8.68. The number of rotatable bonds is 8. The third-order valence-electron chi connectivity index (χ3n) is 16.5. The second kappa shape index (κ2) is 11.6. The predicted octanol–water partition coefficient (Wildman–Crippen LogP) is 10.7. The molecule has 0 aromatic heterocycles. The minimum Gasteiger partial charge on any atom is -0.481 e. The van der Waals surface area contributed by atoms with Crippen LogP contribution in [0.4, 0.5) is 4.39 Å². The number of halogens is 1. The molecule has 3 nitrogen and oxygen atoms in total. The van der Waals surface area contributed by atoms with Crippen LogP contribution < -0.4 is 5.32 Å². The molecule has 4 heteroatoms. The van der Waals surface area contributed by atoms with Gasteiger partial charge in [-0.2, -0.15) is 0 Å². The first-order valence-electron chi connectivity index (χ1n) is 19.1. The Labute approximate surface area is 280 Å². The lowest BCUT2D eigenvalue weighted by Crippen LogP contribution is -2.68. The molecule has 46 heavy (non-hydrogen) atoms. The van der Waals surface area contributed by atoms with Crippen molar-refractivity contribution in [3.63, 3.8) is 0 Å². The van der Waals surface area contributed by atoms with E-state index in [1.54, 1.807) is 0 Å². The molecule has 6 aliphatic rings. The summed E-state index contributed by atoms with van der Waals surface area (Å²) in [7, 11) is 0. The minimum absolute atomic E-state index is 0.0232. The summed E-state index contributed by atoms with van der Waals surface area (Å²) in [5, 5.41) is 14.0. The fourth-order valence-corrected chi connectivity index (χ4v) is 13.7. The van der Waals surface area contributed by atoms with E-state index in [-0.39, 0.29) is 16.4 Å². The maximum absolute atomic E-state index is 13.9. The van der Waals surface area contributed by atoms with Gasteiger partial charge in [0.15, 0.2) is 0 Å². The van der Waals surface area contributed by atoms with Crippen molar-refractivity contribution in [3.8, 4) is 0 Å². The lowest BCUT2D eigenvalue weighted by Gasteiger charge is -2.72. The molecule has 0 aromatic carbocycles. The Balaban J connectivity index is 1.30. The average Bonchev–Trinajstić information content (AvgIpc) is 3.37. The minimum atomic E-state index is -1.23. The number of carboxylic acids is 1. The molecule has 258 valence electrons. The normalized spacial score (nSPS) is 46.3. The van der Waals surface area contributed by atoms with Crippen molar-refractivity contribution in [3.05, 3.63) is 35.5 Å². The van der Waals surface area contributed by atoms with Crippen molar-refractivity contribution in [2.24, 2.45) is 62.6 Å². The summed E-state index contributed by atoms with van der Waals surface area (Å²) < 4.78 is 13.9. The highest BCUT2D eigenvalue weighted by Crippen LogP contribution is 2.76. The van der Waals surface area contributed by atoms with E-state index in [4.69, 9.17) is 0 Å². The largest absolute Gasteiger partial charge is 0.481 e. The highest BCUT2D eigenvalue weighted by Gasteiger charge is 2.70. The van der Waals surface area contributed by atoms with Gasteiger partial charge in [0.2, 0.25) is 0 Å². The summed E-state index contributed by atoms with van der Waals surface area (Å²) in [6.45, 7) is 25.0. The molecular weight excluding hydrogens is 569 g/mol. The maximum Gasteiger partial charge on any atom is 0.312 e. The van der Waals surface area contributed by atoms with Crippen molar-refractivity contribution in [1.29, 1.82) is 0 Å².